The largest absolute Gasteiger partial charge is 0.393 e. The van der Waals surface area contributed by atoms with E-state index in [0.29, 0.717) is 11.7 Å². The number of aromatic amines is 1. The van der Waals surface area contributed by atoms with Gasteiger partial charge in [-0.3, -0.25) is 5.10 Å². The Bertz CT molecular complexity index is 271. The second kappa shape index (κ2) is 2.79. The van der Waals surface area contributed by atoms with Gasteiger partial charge in [-0.2, -0.15) is 5.10 Å². The van der Waals surface area contributed by atoms with Crippen LogP contribution in [0.1, 0.15) is 30.9 Å². The molecule has 4 heteroatoms. The highest BCUT2D eigenvalue weighted by Gasteiger charge is 2.25. The van der Waals surface area contributed by atoms with Gasteiger partial charge in [0, 0.05) is 17.7 Å². The van der Waals surface area contributed by atoms with Crippen LogP contribution in [0.5, 0.6) is 0 Å². The molecule has 0 radical (unpaired) electrons. The van der Waals surface area contributed by atoms with E-state index in [1.165, 1.54) is 0 Å². The molecule has 0 amide bonds. The average molecular weight is 167 g/mol. The molecule has 0 spiro atoms. The van der Waals surface area contributed by atoms with E-state index in [9.17, 15) is 5.11 Å². The Hall–Kier alpha value is -1.03. The maximum Gasteiger partial charge on any atom is 0.145 e. The monoisotopic (exact) mass is 167 g/mol. The lowest BCUT2D eigenvalue weighted by atomic mass is 10.0. The summed E-state index contributed by atoms with van der Waals surface area (Å²) in [4.78, 5) is 0. The number of hydrogen-bond acceptors (Lipinski definition) is 3. The smallest absolute Gasteiger partial charge is 0.145 e. The number of H-pyrrole nitrogens is 1. The van der Waals surface area contributed by atoms with Crippen molar-refractivity contribution in [1.29, 1.82) is 0 Å². The first kappa shape index (κ1) is 7.61. The van der Waals surface area contributed by atoms with E-state index >= 15 is 0 Å². The molecule has 4 nitrogen and oxygen atoms in total. The third kappa shape index (κ3) is 1.30. The molecular weight excluding hydrogens is 154 g/mol. The van der Waals surface area contributed by atoms with Crippen LogP contribution in [0, 0.1) is 0 Å². The Labute approximate surface area is 70.8 Å². The Morgan fingerprint density at radius 1 is 1.58 bits per heavy atom. The highest BCUT2D eigenvalue weighted by Crippen LogP contribution is 2.33. The first-order valence-electron chi connectivity index (χ1n) is 4.24. The van der Waals surface area contributed by atoms with E-state index in [2.05, 4.69) is 10.2 Å². The van der Waals surface area contributed by atoms with Crippen molar-refractivity contribution in [3.63, 3.8) is 0 Å². The van der Waals surface area contributed by atoms with Crippen molar-refractivity contribution < 1.29 is 5.11 Å². The van der Waals surface area contributed by atoms with Gasteiger partial charge in [-0.15, -0.1) is 0 Å². The van der Waals surface area contributed by atoms with Crippen molar-refractivity contribution in [1.82, 2.24) is 10.2 Å². The number of aromatic nitrogens is 2. The number of hydrogen-bond donors (Lipinski definition) is 3. The number of rotatable bonds is 1. The topological polar surface area (TPSA) is 74.9 Å². The third-order valence-corrected chi connectivity index (χ3v) is 2.46. The van der Waals surface area contributed by atoms with Crippen LogP contribution in [-0.2, 0) is 0 Å². The summed E-state index contributed by atoms with van der Waals surface area (Å²) in [5, 5.41) is 16.0. The number of nitrogens with two attached hydrogens (primary N) is 1. The predicted molar refractivity (Wildman–Crippen MR) is 45.6 cm³/mol. The molecule has 0 saturated heterocycles. The van der Waals surface area contributed by atoms with Crippen molar-refractivity contribution in [2.75, 3.05) is 5.73 Å². The van der Waals surface area contributed by atoms with Crippen LogP contribution in [0.4, 0.5) is 5.82 Å². The lowest BCUT2D eigenvalue weighted by molar-refractivity contribution is 0.181. The maximum atomic E-state index is 9.30. The molecule has 2 rings (SSSR count). The van der Waals surface area contributed by atoms with E-state index in [0.717, 1.165) is 25.0 Å². The Kier molecular flexibility index (Phi) is 1.77. The maximum absolute atomic E-state index is 9.30. The van der Waals surface area contributed by atoms with E-state index < -0.39 is 0 Å². The molecule has 0 aromatic carbocycles. The summed E-state index contributed by atoms with van der Waals surface area (Å²) in [6.45, 7) is 0. The van der Waals surface area contributed by atoms with Crippen molar-refractivity contribution >= 4 is 5.82 Å². The molecule has 0 bridgehead atoms. The zero-order valence-electron chi connectivity index (χ0n) is 6.83. The van der Waals surface area contributed by atoms with Gasteiger partial charge in [-0.05, 0) is 19.3 Å². The summed E-state index contributed by atoms with van der Waals surface area (Å²) >= 11 is 0. The van der Waals surface area contributed by atoms with Gasteiger partial charge in [-0.25, -0.2) is 0 Å². The molecule has 1 fully saturated rings. The van der Waals surface area contributed by atoms with Crippen molar-refractivity contribution in [2.45, 2.75) is 31.3 Å². The highest BCUT2D eigenvalue weighted by atomic mass is 16.3. The van der Waals surface area contributed by atoms with Crippen LogP contribution < -0.4 is 5.73 Å². The zero-order chi connectivity index (χ0) is 8.55. The van der Waals surface area contributed by atoms with E-state index in [1.807, 2.05) is 6.07 Å². The van der Waals surface area contributed by atoms with Crippen molar-refractivity contribution in [2.24, 2.45) is 0 Å². The molecule has 1 aromatic rings. The van der Waals surface area contributed by atoms with Gasteiger partial charge in [0.25, 0.3) is 0 Å². The molecular formula is C8H13N3O. The summed E-state index contributed by atoms with van der Waals surface area (Å²) < 4.78 is 0. The quantitative estimate of drug-likeness (QED) is 0.574. The molecule has 66 valence electrons. The van der Waals surface area contributed by atoms with Crippen LogP contribution in [0.2, 0.25) is 0 Å². The standard InChI is InChI=1S/C8H13N3O/c9-8-4-7(10-11-8)5-1-2-6(12)3-5/h4-6,12H,1-3H2,(H3,9,10,11). The first-order valence-corrected chi connectivity index (χ1v) is 4.24. The lowest BCUT2D eigenvalue weighted by Gasteiger charge is -2.04. The fraction of sp³-hybridized carbons (Fsp3) is 0.625. The number of nitrogen functional groups attached to an aromatic ring is 1. The highest BCUT2D eigenvalue weighted by molar-refractivity contribution is 5.30. The van der Waals surface area contributed by atoms with Crippen LogP contribution in [-0.4, -0.2) is 21.4 Å². The van der Waals surface area contributed by atoms with Gasteiger partial charge in [-0.1, -0.05) is 0 Å². The summed E-state index contributed by atoms with van der Waals surface area (Å²) in [6.07, 6.45) is 2.62. The van der Waals surface area contributed by atoms with Gasteiger partial charge >= 0.3 is 0 Å². The zero-order valence-corrected chi connectivity index (χ0v) is 6.83. The molecule has 2 unspecified atom stereocenters. The van der Waals surface area contributed by atoms with Gasteiger partial charge in [0.1, 0.15) is 5.82 Å². The fourth-order valence-electron chi connectivity index (χ4n) is 1.80. The van der Waals surface area contributed by atoms with E-state index in [4.69, 9.17) is 5.73 Å². The second-order valence-electron chi connectivity index (χ2n) is 3.41. The molecule has 1 aliphatic carbocycles. The van der Waals surface area contributed by atoms with Gasteiger partial charge in [0.2, 0.25) is 0 Å². The van der Waals surface area contributed by atoms with Crippen LogP contribution in [0.3, 0.4) is 0 Å². The van der Waals surface area contributed by atoms with E-state index in [-0.39, 0.29) is 6.10 Å². The minimum Gasteiger partial charge on any atom is -0.393 e. The van der Waals surface area contributed by atoms with Crippen LogP contribution in [0.15, 0.2) is 6.07 Å². The molecule has 0 aliphatic heterocycles. The molecule has 4 N–H and O–H groups in total. The Morgan fingerprint density at radius 2 is 2.42 bits per heavy atom. The Balaban J connectivity index is 2.11. The normalized spacial score (nSPS) is 29.4. The summed E-state index contributed by atoms with van der Waals surface area (Å²) in [5.41, 5.74) is 6.54. The molecule has 12 heavy (non-hydrogen) atoms. The molecule has 1 saturated carbocycles. The summed E-state index contributed by atoms with van der Waals surface area (Å²) in [6, 6.07) is 1.85. The van der Waals surface area contributed by atoms with Gasteiger partial charge < -0.3 is 10.8 Å². The number of aliphatic hydroxyl groups is 1. The number of anilines is 1. The minimum absolute atomic E-state index is 0.139. The van der Waals surface area contributed by atoms with Crippen LogP contribution >= 0.6 is 0 Å². The average Bonchev–Trinajstić information content (AvgIpc) is 2.58. The second-order valence-corrected chi connectivity index (χ2v) is 3.41. The number of aliphatic hydroxyl groups excluding tert-OH is 1. The van der Waals surface area contributed by atoms with Gasteiger partial charge in [0.15, 0.2) is 0 Å². The number of nitrogens with zero attached hydrogens (tertiary/aromatic N) is 1. The molecule has 1 aliphatic rings. The Morgan fingerprint density at radius 3 is 2.92 bits per heavy atom. The summed E-state index contributed by atoms with van der Waals surface area (Å²) in [7, 11) is 0. The molecule has 2 atom stereocenters. The predicted octanol–water partition coefficient (Wildman–Crippen LogP) is 0.620. The first-order chi connectivity index (χ1) is 5.75. The lowest BCUT2D eigenvalue weighted by Crippen LogP contribution is -1.99. The van der Waals surface area contributed by atoms with E-state index in [1.54, 1.807) is 0 Å². The van der Waals surface area contributed by atoms with Crippen molar-refractivity contribution in [3.05, 3.63) is 11.8 Å². The third-order valence-electron chi connectivity index (χ3n) is 2.46. The van der Waals surface area contributed by atoms with Gasteiger partial charge in [0.05, 0.1) is 6.10 Å². The van der Waals surface area contributed by atoms with Crippen LogP contribution in [0.25, 0.3) is 0 Å². The minimum atomic E-state index is -0.139. The summed E-state index contributed by atoms with van der Waals surface area (Å²) in [5.74, 6) is 0.955. The molecule has 1 heterocycles. The fourth-order valence-corrected chi connectivity index (χ4v) is 1.80. The molecule has 1 aromatic heterocycles. The van der Waals surface area contributed by atoms with Crippen molar-refractivity contribution in [3.8, 4) is 0 Å². The SMILES string of the molecule is Nc1cc(C2CCC(O)C2)[nH]n1. The number of nitrogens with one attached hydrogen (secondary N) is 1.